The minimum Gasteiger partial charge on any atom is -0.478 e. The molecular formula is C9H15N3OS. The molecule has 0 radical (unpaired) electrons. The van der Waals surface area contributed by atoms with Gasteiger partial charge in [0.1, 0.15) is 5.82 Å². The zero-order valence-corrected chi connectivity index (χ0v) is 9.52. The zero-order valence-electron chi connectivity index (χ0n) is 8.70. The van der Waals surface area contributed by atoms with Gasteiger partial charge in [-0.2, -0.15) is 4.98 Å². The van der Waals surface area contributed by atoms with E-state index >= 15 is 0 Å². The Balaban J connectivity index is 2.81. The van der Waals surface area contributed by atoms with Crippen molar-refractivity contribution in [2.75, 3.05) is 25.2 Å². The van der Waals surface area contributed by atoms with E-state index in [0.717, 1.165) is 17.4 Å². The van der Waals surface area contributed by atoms with Crippen LogP contribution in [0, 0.1) is 0 Å². The fourth-order valence-electron chi connectivity index (χ4n) is 0.904. The van der Waals surface area contributed by atoms with Crippen molar-refractivity contribution in [3.8, 4) is 5.88 Å². The number of thioether (sulfide) groups is 1. The topological polar surface area (TPSA) is 47.0 Å². The van der Waals surface area contributed by atoms with Crippen LogP contribution < -0.4 is 10.1 Å². The fraction of sp³-hybridized carbons (Fsp3) is 0.556. The predicted octanol–water partition coefficient (Wildman–Crippen LogP) is 2.03. The van der Waals surface area contributed by atoms with Gasteiger partial charge in [-0.05, 0) is 12.7 Å². The average molecular weight is 213 g/mol. The highest BCUT2D eigenvalue weighted by molar-refractivity contribution is 7.98. The fourth-order valence-corrected chi connectivity index (χ4v) is 1.27. The van der Waals surface area contributed by atoms with Crippen LogP contribution in [0.15, 0.2) is 11.2 Å². The van der Waals surface area contributed by atoms with Crippen molar-refractivity contribution in [3.63, 3.8) is 0 Å². The standard InChI is InChI=1S/C9H15N3OS/c1-4-5-13-8-6-7(10-2)11-9(12-8)14-3/h6H,4-5H2,1-3H3,(H,10,11,12). The minimum atomic E-state index is 0.635. The molecule has 1 aromatic heterocycles. The second kappa shape index (κ2) is 5.70. The number of hydrogen-bond donors (Lipinski definition) is 1. The van der Waals surface area contributed by atoms with Gasteiger partial charge in [-0.15, -0.1) is 0 Å². The molecule has 78 valence electrons. The maximum atomic E-state index is 5.44. The zero-order chi connectivity index (χ0) is 10.4. The molecule has 0 amide bonds. The van der Waals surface area contributed by atoms with E-state index in [1.807, 2.05) is 13.3 Å². The quantitative estimate of drug-likeness (QED) is 0.599. The molecule has 1 N–H and O–H groups in total. The van der Waals surface area contributed by atoms with Crippen LogP contribution in [0.25, 0.3) is 0 Å². The molecular weight excluding hydrogens is 198 g/mol. The third-order valence-corrected chi connectivity index (χ3v) is 2.12. The Morgan fingerprint density at radius 1 is 1.50 bits per heavy atom. The van der Waals surface area contributed by atoms with Crippen LogP contribution in [-0.2, 0) is 0 Å². The molecule has 0 saturated heterocycles. The van der Waals surface area contributed by atoms with Crippen molar-refractivity contribution < 1.29 is 4.74 Å². The van der Waals surface area contributed by atoms with Crippen molar-refractivity contribution >= 4 is 17.6 Å². The minimum absolute atomic E-state index is 0.635. The Kier molecular flexibility index (Phi) is 4.52. The molecule has 0 aliphatic carbocycles. The summed E-state index contributed by atoms with van der Waals surface area (Å²) in [5.41, 5.74) is 0. The van der Waals surface area contributed by atoms with Crippen molar-refractivity contribution in [2.24, 2.45) is 0 Å². The first kappa shape index (κ1) is 11.1. The highest BCUT2D eigenvalue weighted by Crippen LogP contribution is 2.18. The maximum Gasteiger partial charge on any atom is 0.219 e. The molecule has 0 fully saturated rings. The smallest absolute Gasteiger partial charge is 0.219 e. The van der Waals surface area contributed by atoms with Gasteiger partial charge >= 0.3 is 0 Å². The van der Waals surface area contributed by atoms with E-state index in [0.29, 0.717) is 12.5 Å². The number of rotatable bonds is 5. The molecule has 1 heterocycles. The molecule has 0 atom stereocenters. The number of hydrogen-bond acceptors (Lipinski definition) is 5. The Morgan fingerprint density at radius 3 is 2.86 bits per heavy atom. The molecule has 0 unspecified atom stereocenters. The van der Waals surface area contributed by atoms with Gasteiger partial charge in [-0.25, -0.2) is 4.98 Å². The molecule has 4 nitrogen and oxygen atoms in total. The van der Waals surface area contributed by atoms with Crippen LogP contribution in [0.3, 0.4) is 0 Å². The van der Waals surface area contributed by atoms with Crippen LogP contribution in [0.1, 0.15) is 13.3 Å². The second-order valence-electron chi connectivity index (χ2n) is 2.68. The molecule has 0 aliphatic heterocycles. The summed E-state index contributed by atoms with van der Waals surface area (Å²) >= 11 is 1.50. The van der Waals surface area contributed by atoms with Gasteiger partial charge in [0.15, 0.2) is 5.16 Å². The highest BCUT2D eigenvalue weighted by Gasteiger charge is 2.02. The molecule has 5 heteroatoms. The van der Waals surface area contributed by atoms with E-state index in [1.54, 1.807) is 6.07 Å². The maximum absolute atomic E-state index is 5.44. The Labute approximate surface area is 88.5 Å². The summed E-state index contributed by atoms with van der Waals surface area (Å²) in [7, 11) is 1.83. The largest absolute Gasteiger partial charge is 0.478 e. The first-order valence-corrected chi connectivity index (χ1v) is 5.76. The second-order valence-corrected chi connectivity index (χ2v) is 3.45. The van der Waals surface area contributed by atoms with Crippen molar-refractivity contribution in [1.29, 1.82) is 0 Å². The molecule has 0 aliphatic rings. The van der Waals surface area contributed by atoms with Crippen LogP contribution in [-0.4, -0.2) is 29.9 Å². The van der Waals surface area contributed by atoms with Gasteiger partial charge < -0.3 is 10.1 Å². The van der Waals surface area contributed by atoms with Crippen LogP contribution in [0.4, 0.5) is 5.82 Å². The monoisotopic (exact) mass is 213 g/mol. The van der Waals surface area contributed by atoms with E-state index in [-0.39, 0.29) is 0 Å². The Bertz CT molecular complexity index is 271. The number of nitrogens with zero attached hydrogens (tertiary/aromatic N) is 2. The van der Waals surface area contributed by atoms with Gasteiger partial charge in [0.05, 0.1) is 6.61 Å². The van der Waals surface area contributed by atoms with Gasteiger partial charge in [-0.1, -0.05) is 18.7 Å². The average Bonchev–Trinajstić information content (AvgIpc) is 2.25. The number of ether oxygens (including phenoxy) is 1. The molecule has 14 heavy (non-hydrogen) atoms. The SMILES string of the molecule is CCCOc1cc(NC)nc(SC)n1. The summed E-state index contributed by atoms with van der Waals surface area (Å²) < 4.78 is 5.44. The summed E-state index contributed by atoms with van der Waals surface area (Å²) in [5.74, 6) is 1.42. The van der Waals surface area contributed by atoms with Crippen molar-refractivity contribution in [3.05, 3.63) is 6.07 Å². The summed E-state index contributed by atoms with van der Waals surface area (Å²) in [6, 6.07) is 1.80. The normalized spacial score (nSPS) is 9.93. The lowest BCUT2D eigenvalue weighted by Crippen LogP contribution is -2.01. The lowest BCUT2D eigenvalue weighted by molar-refractivity contribution is 0.302. The van der Waals surface area contributed by atoms with Crippen LogP contribution in [0.5, 0.6) is 5.88 Å². The lowest BCUT2D eigenvalue weighted by atomic mass is 10.5. The number of nitrogens with one attached hydrogen (secondary N) is 1. The van der Waals surface area contributed by atoms with Crippen molar-refractivity contribution in [2.45, 2.75) is 18.5 Å². The van der Waals surface area contributed by atoms with E-state index < -0.39 is 0 Å². The number of aromatic nitrogens is 2. The Hall–Kier alpha value is -0.970. The van der Waals surface area contributed by atoms with Crippen LogP contribution in [0.2, 0.25) is 0 Å². The predicted molar refractivity (Wildman–Crippen MR) is 59.1 cm³/mol. The van der Waals surface area contributed by atoms with E-state index in [1.165, 1.54) is 11.8 Å². The first-order valence-electron chi connectivity index (χ1n) is 4.53. The summed E-state index contributed by atoms with van der Waals surface area (Å²) in [6.45, 7) is 2.75. The third-order valence-electron chi connectivity index (χ3n) is 1.57. The lowest BCUT2D eigenvalue weighted by Gasteiger charge is -2.06. The third kappa shape index (κ3) is 3.06. The molecule has 1 aromatic rings. The van der Waals surface area contributed by atoms with Crippen molar-refractivity contribution in [1.82, 2.24) is 9.97 Å². The molecule has 0 spiro atoms. The highest BCUT2D eigenvalue weighted by atomic mass is 32.2. The Morgan fingerprint density at radius 2 is 2.29 bits per heavy atom. The van der Waals surface area contributed by atoms with Gasteiger partial charge in [0.2, 0.25) is 5.88 Å². The van der Waals surface area contributed by atoms with Crippen LogP contribution >= 0.6 is 11.8 Å². The van der Waals surface area contributed by atoms with E-state index in [4.69, 9.17) is 4.74 Å². The number of anilines is 1. The first-order chi connectivity index (χ1) is 6.80. The van der Waals surface area contributed by atoms with E-state index in [9.17, 15) is 0 Å². The van der Waals surface area contributed by atoms with Gasteiger partial charge in [0, 0.05) is 13.1 Å². The molecule has 0 bridgehead atoms. The van der Waals surface area contributed by atoms with Gasteiger partial charge in [-0.3, -0.25) is 0 Å². The molecule has 1 rings (SSSR count). The summed E-state index contributed by atoms with van der Waals surface area (Å²) in [4.78, 5) is 8.47. The van der Waals surface area contributed by atoms with Gasteiger partial charge in [0.25, 0.3) is 0 Å². The summed E-state index contributed by atoms with van der Waals surface area (Å²) in [6.07, 6.45) is 2.92. The van der Waals surface area contributed by atoms with E-state index in [2.05, 4.69) is 22.2 Å². The summed E-state index contributed by atoms with van der Waals surface area (Å²) in [5, 5.41) is 3.70. The molecule has 0 saturated carbocycles. The molecule has 0 aromatic carbocycles.